The number of alkyl halides is 3. The molecule has 3 heterocycles. The van der Waals surface area contributed by atoms with Crippen LogP contribution in [0.15, 0.2) is 48.9 Å². The van der Waals surface area contributed by atoms with Crippen LogP contribution in [0.2, 0.25) is 5.02 Å². The summed E-state index contributed by atoms with van der Waals surface area (Å²) in [6.07, 6.45) is 0.999. The standard InChI is InChI=1S/C29H30ClF3N8O/c1-39-8-10-40(11-9-39)14-18-2-4-19(13-22(18)29(31,32)33)37-28(42)38-24-7-3-17(12-23(24)30)21-15-41(20-5-6-20)27-25(21)26(34)35-16-36-27/h2-4,7,12-13,15-16,20H,5-6,8-11,14H2,1H3,(H2,34,35,36)(H2,37,38,42). The molecule has 0 unspecified atom stereocenters. The number of hydrogen-bond acceptors (Lipinski definition) is 6. The zero-order valence-corrected chi connectivity index (χ0v) is 23.6. The van der Waals surface area contributed by atoms with Crippen LogP contribution in [-0.4, -0.2) is 63.6 Å². The van der Waals surface area contributed by atoms with Gasteiger partial charge in [0.2, 0.25) is 0 Å². The van der Waals surface area contributed by atoms with Crippen molar-refractivity contribution in [1.29, 1.82) is 0 Å². The Kier molecular flexibility index (Phi) is 7.46. The highest BCUT2D eigenvalue weighted by molar-refractivity contribution is 6.34. The number of nitrogens with one attached hydrogen (secondary N) is 2. The number of fused-ring (bicyclic) bond motifs is 1. The minimum Gasteiger partial charge on any atom is -0.383 e. The number of piperazine rings is 1. The number of nitrogens with two attached hydrogens (primary N) is 1. The highest BCUT2D eigenvalue weighted by Gasteiger charge is 2.34. The lowest BCUT2D eigenvalue weighted by atomic mass is 10.0. The van der Waals surface area contributed by atoms with Gasteiger partial charge in [-0.15, -0.1) is 0 Å². The van der Waals surface area contributed by atoms with Crippen LogP contribution in [0.25, 0.3) is 22.2 Å². The van der Waals surface area contributed by atoms with Crippen LogP contribution in [0.1, 0.15) is 30.0 Å². The number of carbonyl (C=O) groups excluding carboxylic acids is 1. The topological polar surface area (TPSA) is 104 Å². The Morgan fingerprint density at radius 1 is 1.07 bits per heavy atom. The van der Waals surface area contributed by atoms with E-state index in [1.807, 2.05) is 18.1 Å². The molecule has 2 aromatic carbocycles. The van der Waals surface area contributed by atoms with Gasteiger partial charge >= 0.3 is 12.2 Å². The third-order valence-electron chi connectivity index (χ3n) is 7.77. The molecule has 1 saturated heterocycles. The number of rotatable bonds is 6. The molecule has 6 rings (SSSR count). The Labute approximate surface area is 245 Å². The van der Waals surface area contributed by atoms with E-state index in [9.17, 15) is 18.0 Å². The van der Waals surface area contributed by atoms with Crippen molar-refractivity contribution in [3.8, 4) is 11.1 Å². The third kappa shape index (κ3) is 5.87. The number of amides is 2. The molecule has 2 fully saturated rings. The smallest absolute Gasteiger partial charge is 0.383 e. The van der Waals surface area contributed by atoms with Gasteiger partial charge in [0.1, 0.15) is 17.8 Å². The lowest BCUT2D eigenvalue weighted by Crippen LogP contribution is -2.44. The van der Waals surface area contributed by atoms with Crippen molar-refractivity contribution >= 4 is 45.9 Å². The number of urea groups is 1. The summed E-state index contributed by atoms with van der Waals surface area (Å²) in [5.74, 6) is 0.361. The minimum absolute atomic E-state index is 0.0260. The van der Waals surface area contributed by atoms with Gasteiger partial charge in [-0.2, -0.15) is 13.2 Å². The largest absolute Gasteiger partial charge is 0.416 e. The average molecular weight is 599 g/mol. The fourth-order valence-electron chi connectivity index (χ4n) is 5.33. The van der Waals surface area contributed by atoms with Crippen molar-refractivity contribution < 1.29 is 18.0 Å². The number of benzene rings is 2. The van der Waals surface area contributed by atoms with E-state index in [1.54, 1.807) is 18.2 Å². The summed E-state index contributed by atoms with van der Waals surface area (Å²) in [5.41, 5.74) is 8.27. The van der Waals surface area contributed by atoms with Crippen molar-refractivity contribution in [2.75, 3.05) is 49.6 Å². The zero-order chi connectivity index (χ0) is 29.6. The summed E-state index contributed by atoms with van der Waals surface area (Å²) in [7, 11) is 1.99. The second-order valence-electron chi connectivity index (χ2n) is 10.9. The van der Waals surface area contributed by atoms with Crippen molar-refractivity contribution in [1.82, 2.24) is 24.3 Å². The summed E-state index contributed by atoms with van der Waals surface area (Å²) in [5, 5.41) is 6.12. The van der Waals surface area contributed by atoms with Gasteiger partial charge in [-0.05, 0) is 55.3 Å². The Hall–Kier alpha value is -3.87. The van der Waals surface area contributed by atoms with Crippen LogP contribution >= 0.6 is 11.6 Å². The lowest BCUT2D eigenvalue weighted by Gasteiger charge is -2.33. The van der Waals surface area contributed by atoms with Crippen molar-refractivity contribution in [3.63, 3.8) is 0 Å². The molecule has 42 heavy (non-hydrogen) atoms. The van der Waals surface area contributed by atoms with Gasteiger partial charge in [0.15, 0.2) is 0 Å². The van der Waals surface area contributed by atoms with E-state index in [0.717, 1.165) is 54.2 Å². The molecule has 9 nitrogen and oxygen atoms in total. The molecule has 1 aliphatic heterocycles. The summed E-state index contributed by atoms with van der Waals surface area (Å²) in [6, 6.07) is 8.65. The summed E-state index contributed by atoms with van der Waals surface area (Å²) in [4.78, 5) is 25.5. The summed E-state index contributed by atoms with van der Waals surface area (Å²) >= 11 is 6.54. The van der Waals surface area contributed by atoms with Crippen LogP contribution < -0.4 is 16.4 Å². The monoisotopic (exact) mass is 598 g/mol. The molecule has 0 radical (unpaired) electrons. The molecule has 2 aromatic heterocycles. The second kappa shape index (κ2) is 11.1. The van der Waals surface area contributed by atoms with Gasteiger partial charge in [-0.25, -0.2) is 14.8 Å². The number of aromatic nitrogens is 3. The lowest BCUT2D eigenvalue weighted by molar-refractivity contribution is -0.138. The van der Waals surface area contributed by atoms with Gasteiger partial charge in [0, 0.05) is 56.2 Å². The maximum absolute atomic E-state index is 13.9. The number of nitrogens with zero attached hydrogens (tertiary/aromatic N) is 5. The van der Waals surface area contributed by atoms with Crippen LogP contribution in [0.5, 0.6) is 0 Å². The van der Waals surface area contributed by atoms with E-state index < -0.39 is 17.8 Å². The Morgan fingerprint density at radius 2 is 1.83 bits per heavy atom. The number of likely N-dealkylation sites (N-methyl/N-ethyl adjacent to an activating group) is 1. The van der Waals surface area contributed by atoms with E-state index in [0.29, 0.717) is 30.6 Å². The van der Waals surface area contributed by atoms with Crippen molar-refractivity contribution in [2.24, 2.45) is 0 Å². The molecule has 13 heteroatoms. The molecular formula is C29H30ClF3N8O. The molecule has 0 atom stereocenters. The Balaban J connectivity index is 1.18. The molecular weight excluding hydrogens is 569 g/mol. The Morgan fingerprint density at radius 3 is 2.52 bits per heavy atom. The first-order valence-corrected chi connectivity index (χ1v) is 14.0. The average Bonchev–Trinajstić information content (AvgIpc) is 3.71. The molecule has 1 saturated carbocycles. The first-order chi connectivity index (χ1) is 20.1. The van der Waals surface area contributed by atoms with E-state index in [4.69, 9.17) is 17.3 Å². The predicted octanol–water partition coefficient (Wildman–Crippen LogP) is 6.08. The van der Waals surface area contributed by atoms with Crippen LogP contribution in [-0.2, 0) is 12.7 Å². The first-order valence-electron chi connectivity index (χ1n) is 13.7. The van der Waals surface area contributed by atoms with Crippen molar-refractivity contribution in [3.05, 3.63) is 65.1 Å². The molecule has 220 valence electrons. The molecule has 4 N–H and O–H groups in total. The fraction of sp³-hybridized carbons (Fsp3) is 0.345. The van der Waals surface area contributed by atoms with Gasteiger partial charge in [-0.3, -0.25) is 4.90 Å². The van der Waals surface area contributed by atoms with Crippen molar-refractivity contribution in [2.45, 2.75) is 31.6 Å². The van der Waals surface area contributed by atoms with E-state index >= 15 is 0 Å². The van der Waals surface area contributed by atoms with Crippen LogP contribution in [0.4, 0.5) is 35.2 Å². The number of hydrogen-bond donors (Lipinski definition) is 3. The third-order valence-corrected chi connectivity index (χ3v) is 8.08. The number of carbonyl (C=O) groups is 1. The predicted molar refractivity (Wildman–Crippen MR) is 158 cm³/mol. The Bertz CT molecular complexity index is 1640. The van der Waals surface area contributed by atoms with Gasteiger partial charge < -0.3 is 25.8 Å². The highest BCUT2D eigenvalue weighted by Crippen LogP contribution is 2.42. The molecule has 1 aliphatic carbocycles. The fourth-order valence-corrected chi connectivity index (χ4v) is 5.56. The zero-order valence-electron chi connectivity index (χ0n) is 22.9. The summed E-state index contributed by atoms with van der Waals surface area (Å²) in [6.45, 7) is 3.18. The molecule has 0 bridgehead atoms. The van der Waals surface area contributed by atoms with Gasteiger partial charge in [0.25, 0.3) is 0 Å². The van der Waals surface area contributed by atoms with E-state index in [1.165, 1.54) is 18.5 Å². The number of nitrogen functional groups attached to an aromatic ring is 1. The quantitative estimate of drug-likeness (QED) is 0.249. The molecule has 0 spiro atoms. The van der Waals surface area contributed by atoms with Gasteiger partial charge in [0.05, 0.1) is 21.7 Å². The molecule has 2 amide bonds. The maximum atomic E-state index is 13.9. The number of halogens is 4. The maximum Gasteiger partial charge on any atom is 0.416 e. The van der Waals surface area contributed by atoms with Gasteiger partial charge in [-0.1, -0.05) is 23.7 Å². The first kappa shape index (κ1) is 28.3. The van der Waals surface area contributed by atoms with E-state index in [-0.39, 0.29) is 22.8 Å². The highest BCUT2D eigenvalue weighted by atomic mass is 35.5. The van der Waals surface area contributed by atoms with Crippen LogP contribution in [0.3, 0.4) is 0 Å². The SMILES string of the molecule is CN1CCN(Cc2ccc(NC(=O)Nc3ccc(-c4cn(C5CC5)c5ncnc(N)c45)cc3Cl)cc2C(F)(F)F)CC1. The minimum atomic E-state index is -4.56. The summed E-state index contributed by atoms with van der Waals surface area (Å²) < 4.78 is 43.9. The normalized spacial score (nSPS) is 16.6. The second-order valence-corrected chi connectivity index (χ2v) is 11.3. The van der Waals surface area contributed by atoms with Crippen LogP contribution in [0, 0.1) is 0 Å². The number of anilines is 3. The van der Waals surface area contributed by atoms with E-state index in [2.05, 4.69) is 30.1 Å². The molecule has 2 aliphatic rings. The molecule has 4 aromatic rings.